The zero-order valence-corrected chi connectivity index (χ0v) is 18.7. The van der Waals surface area contributed by atoms with Crippen LogP contribution in [0, 0.1) is 0 Å². The zero-order valence-electron chi connectivity index (χ0n) is 18.7. The van der Waals surface area contributed by atoms with E-state index >= 15 is 0 Å². The van der Waals surface area contributed by atoms with Crippen LogP contribution in [0.4, 0.5) is 0 Å². The topological polar surface area (TPSA) is 51.6 Å². The molecule has 0 radical (unpaired) electrons. The lowest BCUT2D eigenvalue weighted by Crippen LogP contribution is -1.78. The van der Waals surface area contributed by atoms with Crippen LogP contribution in [0.1, 0.15) is 55.4 Å². The van der Waals surface area contributed by atoms with Gasteiger partial charge in [-0.2, -0.15) is 0 Å². The van der Waals surface area contributed by atoms with E-state index in [0.29, 0.717) is 0 Å². The third-order valence-electron chi connectivity index (χ3n) is 2.75. The summed E-state index contributed by atoms with van der Waals surface area (Å²) in [7, 11) is 0. The van der Waals surface area contributed by atoms with Crippen LogP contribution in [0.2, 0.25) is 0 Å². The van der Waals surface area contributed by atoms with Gasteiger partial charge in [-0.15, -0.1) is 0 Å². The van der Waals surface area contributed by atoms with Crippen molar-refractivity contribution in [2.24, 2.45) is 0 Å². The first-order valence-corrected chi connectivity index (χ1v) is 10.2. The average molecular weight is 381 g/mol. The summed E-state index contributed by atoms with van der Waals surface area (Å²) in [5, 5.41) is 1.09. The molecule has 0 atom stereocenters. The van der Waals surface area contributed by atoms with E-state index in [4.69, 9.17) is 0 Å². The summed E-state index contributed by atoms with van der Waals surface area (Å²) >= 11 is 0. The van der Waals surface area contributed by atoms with Crippen molar-refractivity contribution in [2.45, 2.75) is 55.4 Å². The summed E-state index contributed by atoms with van der Waals surface area (Å²) in [6.45, 7) is 16.0. The van der Waals surface area contributed by atoms with E-state index in [9.17, 15) is 0 Å². The van der Waals surface area contributed by atoms with E-state index < -0.39 is 0 Å². The number of hydrogen-bond donors (Lipinski definition) is 0. The molecule has 0 saturated carbocycles. The molecule has 3 aromatic heterocycles. The van der Waals surface area contributed by atoms with Gasteiger partial charge < -0.3 is 0 Å². The van der Waals surface area contributed by atoms with Crippen molar-refractivity contribution in [3.05, 3.63) is 73.3 Å². The molecule has 0 aliphatic heterocycles. The monoisotopic (exact) mass is 380 g/mol. The van der Waals surface area contributed by atoms with Gasteiger partial charge in [0.15, 0.2) is 5.65 Å². The molecule has 152 valence electrons. The van der Waals surface area contributed by atoms with E-state index in [2.05, 4.69) is 19.9 Å². The van der Waals surface area contributed by atoms with Gasteiger partial charge in [0.2, 0.25) is 0 Å². The van der Waals surface area contributed by atoms with Crippen LogP contribution in [-0.4, -0.2) is 19.9 Å². The molecule has 0 N–H and O–H groups in total. The Labute approximate surface area is 171 Å². The highest BCUT2D eigenvalue weighted by Crippen LogP contribution is 2.05. The summed E-state index contributed by atoms with van der Waals surface area (Å²) in [5.74, 6) is 0. The van der Waals surface area contributed by atoms with Gasteiger partial charge in [0, 0.05) is 30.2 Å². The van der Waals surface area contributed by atoms with E-state index in [1.807, 2.05) is 104 Å². The Morgan fingerprint density at radius 3 is 1.18 bits per heavy atom. The molecule has 0 unspecified atom stereocenters. The van der Waals surface area contributed by atoms with Crippen molar-refractivity contribution in [1.29, 1.82) is 0 Å². The molecule has 0 aliphatic rings. The minimum Gasteiger partial charge on any atom is -0.253 e. The second kappa shape index (κ2) is 20.4. The van der Waals surface area contributed by atoms with Crippen LogP contribution in [-0.2, 0) is 0 Å². The summed E-state index contributed by atoms with van der Waals surface area (Å²) in [4.78, 5) is 16.4. The molecule has 3 heterocycles. The molecule has 0 amide bonds. The van der Waals surface area contributed by atoms with Gasteiger partial charge in [0.05, 0.1) is 11.0 Å². The number of fused-ring (bicyclic) bond motifs is 2. The third-order valence-corrected chi connectivity index (χ3v) is 2.75. The first kappa shape index (κ1) is 27.3. The fourth-order valence-corrected chi connectivity index (χ4v) is 1.82. The van der Waals surface area contributed by atoms with Crippen molar-refractivity contribution in [2.75, 3.05) is 0 Å². The number of aromatic nitrogens is 4. The maximum atomic E-state index is 4.12. The SMILES string of the molecule is CC.CC.CC.CC.c1ccc2nccnc2c1.c1cnc2ncccc2c1. The van der Waals surface area contributed by atoms with E-state index in [0.717, 1.165) is 22.1 Å². The molecule has 28 heavy (non-hydrogen) atoms. The average Bonchev–Trinajstić information content (AvgIpc) is 2.85. The van der Waals surface area contributed by atoms with Crippen LogP contribution in [0.3, 0.4) is 0 Å². The molecule has 0 aliphatic carbocycles. The molecule has 4 rings (SSSR count). The van der Waals surface area contributed by atoms with Crippen molar-refractivity contribution in [3.63, 3.8) is 0 Å². The third kappa shape index (κ3) is 10.3. The smallest absolute Gasteiger partial charge is 0.159 e. The Bertz CT molecular complexity index is 630. The molecule has 1 aromatic carbocycles. The highest BCUT2D eigenvalue weighted by atomic mass is 14.8. The highest BCUT2D eigenvalue weighted by molar-refractivity contribution is 5.73. The fraction of sp³-hybridized carbons (Fsp3) is 0.333. The molecular formula is C24H36N4. The largest absolute Gasteiger partial charge is 0.253 e. The lowest BCUT2D eigenvalue weighted by atomic mass is 10.3. The molecule has 0 bridgehead atoms. The predicted molar refractivity (Wildman–Crippen MR) is 124 cm³/mol. The molecule has 0 spiro atoms. The number of nitrogens with zero attached hydrogens (tertiary/aromatic N) is 4. The summed E-state index contributed by atoms with van der Waals surface area (Å²) in [5.41, 5.74) is 2.71. The molecular weight excluding hydrogens is 344 g/mol. The van der Waals surface area contributed by atoms with Crippen LogP contribution >= 0.6 is 0 Å². The van der Waals surface area contributed by atoms with Gasteiger partial charge in [-0.25, -0.2) is 9.97 Å². The lowest BCUT2D eigenvalue weighted by molar-refractivity contribution is 1.29. The summed E-state index contributed by atoms with van der Waals surface area (Å²) in [6, 6.07) is 15.6. The predicted octanol–water partition coefficient (Wildman–Crippen LogP) is 7.36. The number of para-hydroxylation sites is 2. The second-order valence-corrected chi connectivity index (χ2v) is 4.10. The van der Waals surface area contributed by atoms with Crippen molar-refractivity contribution in [3.8, 4) is 0 Å². The van der Waals surface area contributed by atoms with E-state index in [1.54, 1.807) is 24.8 Å². The van der Waals surface area contributed by atoms with Gasteiger partial charge in [0.25, 0.3) is 0 Å². The Morgan fingerprint density at radius 2 is 0.821 bits per heavy atom. The minimum atomic E-state index is 0.810. The lowest BCUT2D eigenvalue weighted by Gasteiger charge is -1.90. The normalized spacial score (nSPS) is 8.00. The van der Waals surface area contributed by atoms with Crippen molar-refractivity contribution < 1.29 is 0 Å². The quantitative estimate of drug-likeness (QED) is 0.319. The van der Waals surface area contributed by atoms with Crippen LogP contribution in [0.15, 0.2) is 73.3 Å². The Balaban J connectivity index is 0. The van der Waals surface area contributed by atoms with Crippen LogP contribution < -0.4 is 0 Å². The minimum absolute atomic E-state index is 0.810. The maximum absolute atomic E-state index is 4.12. The van der Waals surface area contributed by atoms with Gasteiger partial charge in [-0.3, -0.25) is 9.97 Å². The van der Waals surface area contributed by atoms with Gasteiger partial charge in [-0.1, -0.05) is 67.5 Å². The van der Waals surface area contributed by atoms with Crippen molar-refractivity contribution >= 4 is 22.1 Å². The van der Waals surface area contributed by atoms with Crippen LogP contribution in [0.25, 0.3) is 22.1 Å². The van der Waals surface area contributed by atoms with Crippen molar-refractivity contribution in [1.82, 2.24) is 19.9 Å². The van der Waals surface area contributed by atoms with Crippen LogP contribution in [0.5, 0.6) is 0 Å². The zero-order chi connectivity index (χ0) is 21.6. The first-order valence-electron chi connectivity index (χ1n) is 10.2. The first-order chi connectivity index (χ1) is 13.9. The number of pyridine rings is 2. The Hall–Kier alpha value is -2.88. The van der Waals surface area contributed by atoms with E-state index in [-0.39, 0.29) is 0 Å². The Morgan fingerprint density at radius 1 is 0.429 bits per heavy atom. The maximum Gasteiger partial charge on any atom is 0.159 e. The standard InChI is InChI=1S/2C8H6N2.4C2H6/c1-3-7-4-2-6-10-8(7)9-5-1;1-2-4-8-7(3-1)9-5-6-10-8;4*1-2/h2*1-6H;4*1-2H3. The number of benzene rings is 1. The summed E-state index contributed by atoms with van der Waals surface area (Å²) in [6.07, 6.45) is 6.88. The number of rotatable bonds is 0. The molecule has 0 saturated heterocycles. The van der Waals surface area contributed by atoms with E-state index in [1.165, 1.54) is 0 Å². The molecule has 4 aromatic rings. The van der Waals surface area contributed by atoms with Gasteiger partial charge in [0.1, 0.15) is 0 Å². The number of hydrogen-bond acceptors (Lipinski definition) is 4. The fourth-order valence-electron chi connectivity index (χ4n) is 1.82. The summed E-state index contributed by atoms with van der Waals surface area (Å²) < 4.78 is 0. The Kier molecular flexibility index (Phi) is 20.0. The van der Waals surface area contributed by atoms with Gasteiger partial charge in [-0.05, 0) is 36.4 Å². The second-order valence-electron chi connectivity index (χ2n) is 4.10. The molecule has 0 fully saturated rings. The van der Waals surface area contributed by atoms with Gasteiger partial charge >= 0.3 is 0 Å². The molecule has 4 nitrogen and oxygen atoms in total. The highest BCUT2D eigenvalue weighted by Gasteiger charge is 1.89. The molecule has 4 heteroatoms.